The highest BCUT2D eigenvalue weighted by molar-refractivity contribution is 9.09. The van der Waals surface area contributed by atoms with Crippen molar-refractivity contribution in [1.82, 2.24) is 5.32 Å². The number of hydrogen-bond donors (Lipinski definition) is 1. The molecule has 0 aliphatic rings. The summed E-state index contributed by atoms with van der Waals surface area (Å²) < 4.78 is 46.4. The summed E-state index contributed by atoms with van der Waals surface area (Å²) in [6.45, 7) is 6.35. The molecule has 0 rings (SSSR count). The van der Waals surface area contributed by atoms with Crippen LogP contribution in [0.2, 0.25) is 0 Å². The minimum absolute atomic E-state index is 0.0466. The van der Waals surface area contributed by atoms with Gasteiger partial charge in [0, 0.05) is 5.33 Å². The second kappa shape index (κ2) is 7.49. The maximum Gasteiger partial charge on any atom is 0.407 e. The van der Waals surface area contributed by atoms with Gasteiger partial charge in [-0.25, -0.2) is 4.79 Å². The van der Waals surface area contributed by atoms with Crippen LogP contribution < -0.4 is 5.32 Å². The van der Waals surface area contributed by atoms with Gasteiger partial charge in [0.15, 0.2) is 0 Å². The summed E-state index contributed by atoms with van der Waals surface area (Å²) in [4.78, 5) is 11.5. The quantitative estimate of drug-likeness (QED) is 0.733. The van der Waals surface area contributed by atoms with Gasteiger partial charge in [-0.05, 0) is 27.7 Å². The van der Waals surface area contributed by atoms with E-state index in [9.17, 15) is 18.0 Å². The molecule has 0 spiro atoms. The molecule has 8 heteroatoms. The van der Waals surface area contributed by atoms with Gasteiger partial charge in [0.1, 0.15) is 5.60 Å². The number of nitrogens with one attached hydrogen (secondary N) is 1. The normalized spacial score (nSPS) is 15.6. The van der Waals surface area contributed by atoms with Gasteiger partial charge in [-0.1, -0.05) is 15.9 Å². The van der Waals surface area contributed by atoms with E-state index in [1.54, 1.807) is 27.7 Å². The van der Waals surface area contributed by atoms with Gasteiger partial charge in [-0.15, -0.1) is 0 Å². The van der Waals surface area contributed by atoms with Crippen molar-refractivity contribution in [2.45, 2.75) is 51.5 Å². The Labute approximate surface area is 125 Å². The summed E-state index contributed by atoms with van der Waals surface area (Å²) in [6.07, 6.45) is -5.92. The standard InChI is InChI=1S/C12H21BrF3NO3/c1-10(2,3)20-9(18)17-8-11(4,7-13)19-6-5-12(14,15)16/h5-8H2,1-4H3,(H,17,18). The SMILES string of the molecule is CC(C)(C)OC(=O)NCC(C)(CBr)OCCC(F)(F)F. The number of carbonyl (C=O) groups excluding carboxylic acids is 1. The molecule has 0 aromatic heterocycles. The van der Waals surface area contributed by atoms with E-state index in [-0.39, 0.29) is 11.9 Å². The first kappa shape index (κ1) is 19.5. The minimum atomic E-state index is -4.26. The van der Waals surface area contributed by atoms with Crippen LogP contribution in [0.1, 0.15) is 34.1 Å². The lowest BCUT2D eigenvalue weighted by Crippen LogP contribution is -2.46. The molecule has 0 bridgehead atoms. The first-order valence-electron chi connectivity index (χ1n) is 6.10. The average Bonchev–Trinajstić information content (AvgIpc) is 2.22. The van der Waals surface area contributed by atoms with Crippen molar-refractivity contribution >= 4 is 22.0 Å². The van der Waals surface area contributed by atoms with Crippen LogP contribution in [0.5, 0.6) is 0 Å². The Bertz CT molecular complexity index is 318. The van der Waals surface area contributed by atoms with Crippen LogP contribution in [-0.4, -0.2) is 42.0 Å². The van der Waals surface area contributed by atoms with Gasteiger partial charge in [-0.3, -0.25) is 0 Å². The van der Waals surface area contributed by atoms with Gasteiger partial charge in [0.25, 0.3) is 0 Å². The first-order chi connectivity index (χ1) is 8.87. The Kier molecular flexibility index (Phi) is 7.30. The number of alkyl halides is 4. The molecular formula is C12H21BrF3NO3. The zero-order valence-corrected chi connectivity index (χ0v) is 13.7. The zero-order chi connectivity index (χ0) is 16.0. The molecule has 0 heterocycles. The topological polar surface area (TPSA) is 47.6 Å². The fourth-order valence-electron chi connectivity index (χ4n) is 1.12. The maximum atomic E-state index is 12.1. The number of ether oxygens (including phenoxy) is 2. The average molecular weight is 364 g/mol. The summed E-state index contributed by atoms with van der Waals surface area (Å²) in [6, 6.07) is 0. The number of halogens is 4. The van der Waals surface area contributed by atoms with E-state index in [0.717, 1.165) is 0 Å². The summed E-state index contributed by atoms with van der Waals surface area (Å²) in [7, 11) is 0. The van der Waals surface area contributed by atoms with Crippen LogP contribution in [0.3, 0.4) is 0 Å². The van der Waals surface area contributed by atoms with Gasteiger partial charge in [0.05, 0.1) is 25.2 Å². The number of amides is 1. The smallest absolute Gasteiger partial charge is 0.407 e. The van der Waals surface area contributed by atoms with E-state index in [2.05, 4.69) is 21.2 Å². The third kappa shape index (κ3) is 10.3. The fourth-order valence-corrected chi connectivity index (χ4v) is 1.48. The third-order valence-corrected chi connectivity index (χ3v) is 3.31. The van der Waals surface area contributed by atoms with E-state index in [1.165, 1.54) is 0 Å². The van der Waals surface area contributed by atoms with Crippen molar-refractivity contribution in [2.75, 3.05) is 18.5 Å². The van der Waals surface area contributed by atoms with E-state index in [4.69, 9.17) is 9.47 Å². The lowest BCUT2D eigenvalue weighted by molar-refractivity contribution is -0.154. The maximum absolute atomic E-state index is 12.1. The second-order valence-electron chi connectivity index (χ2n) is 5.65. The van der Waals surface area contributed by atoms with Crippen molar-refractivity contribution in [1.29, 1.82) is 0 Å². The van der Waals surface area contributed by atoms with E-state index in [0.29, 0.717) is 0 Å². The number of carbonyl (C=O) groups is 1. The van der Waals surface area contributed by atoms with Crippen LogP contribution in [0.15, 0.2) is 0 Å². The first-order valence-corrected chi connectivity index (χ1v) is 7.23. The van der Waals surface area contributed by atoms with Gasteiger partial charge in [-0.2, -0.15) is 13.2 Å². The Morgan fingerprint density at radius 3 is 2.15 bits per heavy atom. The number of alkyl carbamates (subject to hydrolysis) is 1. The molecule has 1 unspecified atom stereocenters. The van der Waals surface area contributed by atoms with Crippen molar-refractivity contribution in [2.24, 2.45) is 0 Å². The molecule has 0 aliphatic carbocycles. The summed E-state index contributed by atoms with van der Waals surface area (Å²) in [5.74, 6) is 0. The molecular weight excluding hydrogens is 343 g/mol. The highest BCUT2D eigenvalue weighted by atomic mass is 79.9. The fraction of sp³-hybridized carbons (Fsp3) is 0.917. The number of hydrogen-bond acceptors (Lipinski definition) is 3. The van der Waals surface area contributed by atoms with E-state index >= 15 is 0 Å². The Balaban J connectivity index is 4.21. The molecule has 0 aromatic rings. The summed E-state index contributed by atoms with van der Waals surface area (Å²) in [5, 5.41) is 2.77. The van der Waals surface area contributed by atoms with Crippen LogP contribution in [0.4, 0.5) is 18.0 Å². The Morgan fingerprint density at radius 1 is 1.20 bits per heavy atom. The van der Waals surface area contributed by atoms with Gasteiger partial charge < -0.3 is 14.8 Å². The number of rotatable bonds is 6. The lowest BCUT2D eigenvalue weighted by atomic mass is 10.1. The Morgan fingerprint density at radius 2 is 1.75 bits per heavy atom. The van der Waals surface area contributed by atoms with Gasteiger partial charge >= 0.3 is 12.3 Å². The molecule has 0 aliphatic heterocycles. The predicted molar refractivity (Wildman–Crippen MR) is 73.1 cm³/mol. The van der Waals surface area contributed by atoms with Crippen LogP contribution in [-0.2, 0) is 9.47 Å². The van der Waals surface area contributed by atoms with Crippen molar-refractivity contribution in [3.05, 3.63) is 0 Å². The second-order valence-corrected chi connectivity index (χ2v) is 6.21. The summed E-state index contributed by atoms with van der Waals surface area (Å²) >= 11 is 3.17. The molecule has 0 aromatic carbocycles. The molecule has 0 radical (unpaired) electrons. The third-order valence-electron chi connectivity index (χ3n) is 2.12. The predicted octanol–water partition coefficient (Wildman–Crippen LogP) is 3.63. The molecule has 1 amide bonds. The van der Waals surface area contributed by atoms with E-state index in [1.807, 2.05) is 0 Å². The molecule has 1 N–H and O–H groups in total. The molecule has 0 saturated carbocycles. The molecule has 20 heavy (non-hydrogen) atoms. The molecule has 0 saturated heterocycles. The van der Waals surface area contributed by atoms with Crippen LogP contribution in [0, 0.1) is 0 Å². The molecule has 0 fully saturated rings. The van der Waals surface area contributed by atoms with Crippen molar-refractivity contribution in [3.8, 4) is 0 Å². The largest absolute Gasteiger partial charge is 0.444 e. The zero-order valence-electron chi connectivity index (χ0n) is 12.1. The molecule has 120 valence electrons. The Hall–Kier alpha value is -0.500. The van der Waals surface area contributed by atoms with Crippen LogP contribution >= 0.6 is 15.9 Å². The minimum Gasteiger partial charge on any atom is -0.444 e. The molecule has 1 atom stereocenters. The van der Waals surface area contributed by atoms with Crippen LogP contribution in [0.25, 0.3) is 0 Å². The van der Waals surface area contributed by atoms with Gasteiger partial charge in [0.2, 0.25) is 0 Å². The molecule has 4 nitrogen and oxygen atoms in total. The van der Waals surface area contributed by atoms with E-state index < -0.39 is 36.5 Å². The van der Waals surface area contributed by atoms with Crippen molar-refractivity contribution in [3.63, 3.8) is 0 Å². The van der Waals surface area contributed by atoms with Crippen molar-refractivity contribution < 1.29 is 27.4 Å². The highest BCUT2D eigenvalue weighted by Crippen LogP contribution is 2.21. The monoisotopic (exact) mass is 363 g/mol. The highest BCUT2D eigenvalue weighted by Gasteiger charge is 2.31. The lowest BCUT2D eigenvalue weighted by Gasteiger charge is -2.29. The summed E-state index contributed by atoms with van der Waals surface area (Å²) in [5.41, 5.74) is -1.56.